The molecule has 2 aromatic carbocycles. The van der Waals surface area contributed by atoms with E-state index >= 15 is 0 Å². The minimum Gasteiger partial charge on any atom is -0.489 e. The Morgan fingerprint density at radius 3 is 2.57 bits per heavy atom. The fourth-order valence-corrected chi connectivity index (χ4v) is 2.18. The van der Waals surface area contributed by atoms with Crippen molar-refractivity contribution in [1.82, 2.24) is 5.32 Å². The molecule has 2 aromatic rings. The van der Waals surface area contributed by atoms with Crippen LogP contribution in [-0.4, -0.2) is 6.61 Å². The molecule has 0 aromatic heterocycles. The molecule has 0 heterocycles. The van der Waals surface area contributed by atoms with Gasteiger partial charge in [0.05, 0.1) is 0 Å². The van der Waals surface area contributed by atoms with E-state index in [1.54, 1.807) is 6.08 Å². The van der Waals surface area contributed by atoms with Gasteiger partial charge < -0.3 is 10.1 Å². The minimum atomic E-state index is 0.304. The first-order valence-corrected chi connectivity index (χ1v) is 7.32. The van der Waals surface area contributed by atoms with Crippen molar-refractivity contribution >= 4 is 0 Å². The molecule has 0 saturated carbocycles. The van der Waals surface area contributed by atoms with Crippen LogP contribution in [0, 0.1) is 6.92 Å². The number of ether oxygens (including phenoxy) is 1. The Bertz CT molecular complexity index is 574. The minimum absolute atomic E-state index is 0.304. The van der Waals surface area contributed by atoms with E-state index in [9.17, 15) is 0 Å². The molecule has 2 nitrogen and oxygen atoms in total. The molecular formula is C19H23NO. The molecule has 0 aliphatic carbocycles. The molecule has 0 fully saturated rings. The molecule has 110 valence electrons. The molecule has 0 spiro atoms. The molecule has 1 N–H and O–H groups in total. The zero-order valence-electron chi connectivity index (χ0n) is 12.8. The lowest BCUT2D eigenvalue weighted by Gasteiger charge is -2.16. The van der Waals surface area contributed by atoms with E-state index in [2.05, 4.69) is 56.1 Å². The van der Waals surface area contributed by atoms with Gasteiger partial charge >= 0.3 is 0 Å². The predicted molar refractivity (Wildman–Crippen MR) is 88.6 cm³/mol. The topological polar surface area (TPSA) is 21.3 Å². The van der Waals surface area contributed by atoms with Crippen LogP contribution in [0.3, 0.4) is 0 Å². The fourth-order valence-electron chi connectivity index (χ4n) is 2.18. The van der Waals surface area contributed by atoms with Crippen molar-refractivity contribution < 1.29 is 4.74 Å². The summed E-state index contributed by atoms with van der Waals surface area (Å²) in [5, 5.41) is 3.55. The summed E-state index contributed by atoms with van der Waals surface area (Å²) in [5.74, 6) is 0.918. The van der Waals surface area contributed by atoms with Crippen LogP contribution in [0.15, 0.2) is 61.2 Å². The van der Waals surface area contributed by atoms with Gasteiger partial charge in [-0.1, -0.05) is 60.7 Å². The van der Waals surface area contributed by atoms with Crippen LogP contribution in [-0.2, 0) is 6.54 Å². The van der Waals surface area contributed by atoms with Crippen molar-refractivity contribution in [3.05, 3.63) is 77.9 Å². The van der Waals surface area contributed by atoms with Crippen LogP contribution in [0.2, 0.25) is 0 Å². The Labute approximate surface area is 127 Å². The second-order valence-corrected chi connectivity index (χ2v) is 5.22. The number of aryl methyl sites for hydroxylation is 1. The van der Waals surface area contributed by atoms with Crippen molar-refractivity contribution in [2.24, 2.45) is 0 Å². The van der Waals surface area contributed by atoms with Crippen LogP contribution in [0.4, 0.5) is 0 Å². The van der Waals surface area contributed by atoms with E-state index < -0.39 is 0 Å². The second kappa shape index (κ2) is 7.65. The van der Waals surface area contributed by atoms with Crippen LogP contribution in [0.1, 0.15) is 29.7 Å². The molecule has 0 amide bonds. The summed E-state index contributed by atoms with van der Waals surface area (Å²) in [6, 6.07) is 17.1. The van der Waals surface area contributed by atoms with Gasteiger partial charge in [0.15, 0.2) is 0 Å². The van der Waals surface area contributed by atoms with Crippen molar-refractivity contribution in [3.8, 4) is 5.75 Å². The van der Waals surface area contributed by atoms with Crippen molar-refractivity contribution in [2.75, 3.05) is 6.61 Å². The van der Waals surface area contributed by atoms with E-state index in [1.807, 2.05) is 18.2 Å². The van der Waals surface area contributed by atoms with E-state index in [-0.39, 0.29) is 0 Å². The van der Waals surface area contributed by atoms with Gasteiger partial charge in [0.2, 0.25) is 0 Å². The highest BCUT2D eigenvalue weighted by molar-refractivity contribution is 5.33. The Morgan fingerprint density at radius 2 is 1.86 bits per heavy atom. The third kappa shape index (κ3) is 4.47. The van der Waals surface area contributed by atoms with Gasteiger partial charge in [-0.3, -0.25) is 0 Å². The molecule has 0 bridgehead atoms. The van der Waals surface area contributed by atoms with Crippen LogP contribution < -0.4 is 10.1 Å². The summed E-state index contributed by atoms with van der Waals surface area (Å²) in [5.41, 5.74) is 3.75. The first kappa shape index (κ1) is 15.3. The molecule has 1 unspecified atom stereocenters. The van der Waals surface area contributed by atoms with E-state index in [4.69, 9.17) is 4.74 Å². The number of benzene rings is 2. The van der Waals surface area contributed by atoms with Gasteiger partial charge in [-0.2, -0.15) is 0 Å². The van der Waals surface area contributed by atoms with E-state index in [0.717, 1.165) is 12.3 Å². The number of hydrogen-bond acceptors (Lipinski definition) is 2. The molecular weight excluding hydrogens is 258 g/mol. The van der Waals surface area contributed by atoms with Gasteiger partial charge in [0.25, 0.3) is 0 Å². The smallest absolute Gasteiger partial charge is 0.124 e. The zero-order chi connectivity index (χ0) is 15.1. The second-order valence-electron chi connectivity index (χ2n) is 5.22. The fraction of sp³-hybridized carbons (Fsp3) is 0.263. The molecule has 0 radical (unpaired) electrons. The van der Waals surface area contributed by atoms with Crippen LogP contribution >= 0.6 is 0 Å². The predicted octanol–water partition coefficient (Wildman–Crippen LogP) is 4.41. The van der Waals surface area contributed by atoms with Gasteiger partial charge in [0, 0.05) is 18.2 Å². The lowest BCUT2D eigenvalue weighted by molar-refractivity contribution is 0.357. The van der Waals surface area contributed by atoms with Crippen LogP contribution in [0.25, 0.3) is 0 Å². The first-order chi connectivity index (χ1) is 10.2. The average Bonchev–Trinajstić information content (AvgIpc) is 2.52. The largest absolute Gasteiger partial charge is 0.489 e. The Balaban J connectivity index is 1.99. The highest BCUT2D eigenvalue weighted by Crippen LogP contribution is 2.20. The van der Waals surface area contributed by atoms with E-state index in [0.29, 0.717) is 12.6 Å². The summed E-state index contributed by atoms with van der Waals surface area (Å²) < 4.78 is 5.68. The van der Waals surface area contributed by atoms with Gasteiger partial charge in [-0.15, -0.1) is 0 Å². The SMILES string of the molecule is C=CCOc1ccccc1CNC(C)c1ccc(C)cc1. The molecule has 21 heavy (non-hydrogen) atoms. The number of hydrogen-bond donors (Lipinski definition) is 1. The maximum Gasteiger partial charge on any atom is 0.124 e. The quantitative estimate of drug-likeness (QED) is 0.759. The third-order valence-corrected chi connectivity index (χ3v) is 3.51. The Morgan fingerprint density at radius 1 is 1.14 bits per heavy atom. The van der Waals surface area contributed by atoms with E-state index in [1.165, 1.54) is 16.7 Å². The highest BCUT2D eigenvalue weighted by atomic mass is 16.5. The van der Waals surface area contributed by atoms with Crippen molar-refractivity contribution in [3.63, 3.8) is 0 Å². The third-order valence-electron chi connectivity index (χ3n) is 3.51. The summed E-state index contributed by atoms with van der Waals surface area (Å²) in [7, 11) is 0. The first-order valence-electron chi connectivity index (χ1n) is 7.32. The van der Waals surface area contributed by atoms with Gasteiger partial charge in [0.1, 0.15) is 12.4 Å². The van der Waals surface area contributed by atoms with Crippen LogP contribution in [0.5, 0.6) is 5.75 Å². The normalized spacial score (nSPS) is 11.9. The Kier molecular flexibility index (Phi) is 5.59. The molecule has 0 saturated heterocycles. The summed E-state index contributed by atoms with van der Waals surface area (Å²) in [6.07, 6.45) is 1.76. The van der Waals surface area contributed by atoms with Gasteiger partial charge in [-0.25, -0.2) is 0 Å². The summed E-state index contributed by atoms with van der Waals surface area (Å²) >= 11 is 0. The monoisotopic (exact) mass is 281 g/mol. The van der Waals surface area contributed by atoms with Crippen molar-refractivity contribution in [1.29, 1.82) is 0 Å². The number of para-hydroxylation sites is 1. The lowest BCUT2D eigenvalue weighted by atomic mass is 10.1. The lowest BCUT2D eigenvalue weighted by Crippen LogP contribution is -2.18. The zero-order valence-corrected chi connectivity index (χ0v) is 12.8. The molecule has 0 aliphatic heterocycles. The maximum absolute atomic E-state index is 5.68. The number of rotatable bonds is 7. The molecule has 2 rings (SSSR count). The van der Waals surface area contributed by atoms with Crippen molar-refractivity contribution in [2.45, 2.75) is 26.4 Å². The molecule has 2 heteroatoms. The van der Waals surface area contributed by atoms with Gasteiger partial charge in [-0.05, 0) is 25.5 Å². The highest BCUT2D eigenvalue weighted by Gasteiger charge is 2.07. The average molecular weight is 281 g/mol. The summed E-state index contributed by atoms with van der Waals surface area (Å²) in [4.78, 5) is 0. The Hall–Kier alpha value is -2.06. The molecule has 1 atom stereocenters. The summed E-state index contributed by atoms with van der Waals surface area (Å²) in [6.45, 7) is 9.28. The number of nitrogens with one attached hydrogen (secondary N) is 1. The molecule has 0 aliphatic rings. The maximum atomic E-state index is 5.68. The standard InChI is InChI=1S/C19H23NO/c1-4-13-21-19-8-6-5-7-18(19)14-20-16(3)17-11-9-15(2)10-12-17/h4-12,16,20H,1,13-14H2,2-3H3.